The van der Waals surface area contributed by atoms with Gasteiger partial charge in [0.25, 0.3) is 0 Å². The van der Waals surface area contributed by atoms with E-state index in [9.17, 15) is 0 Å². The second kappa shape index (κ2) is 7.30. The first-order valence-corrected chi connectivity index (χ1v) is 9.13. The fraction of sp³-hybridized carbons (Fsp3) is 0.300. The molecule has 0 spiro atoms. The molecule has 0 aliphatic carbocycles. The minimum atomic E-state index is 0.213. The maximum absolute atomic E-state index is 5.57. The average molecular weight is 377 g/mol. The summed E-state index contributed by atoms with van der Waals surface area (Å²) in [5, 5.41) is 13.1. The molecule has 0 saturated heterocycles. The number of benzene rings is 1. The van der Waals surface area contributed by atoms with Crippen molar-refractivity contribution in [1.82, 2.24) is 9.97 Å². The van der Waals surface area contributed by atoms with Crippen molar-refractivity contribution >= 4 is 34.6 Å². The Kier molecular flexibility index (Phi) is 4.68. The molecule has 1 aromatic heterocycles. The van der Waals surface area contributed by atoms with Crippen molar-refractivity contribution in [2.75, 3.05) is 36.3 Å². The molecule has 0 amide bonds. The van der Waals surface area contributed by atoms with Crippen LogP contribution >= 0.6 is 0 Å². The molecule has 2 aliphatic rings. The summed E-state index contributed by atoms with van der Waals surface area (Å²) in [4.78, 5) is 13.3. The number of rotatable bonds is 5. The van der Waals surface area contributed by atoms with E-state index in [1.807, 2.05) is 56.2 Å². The van der Waals surface area contributed by atoms with Crippen molar-refractivity contribution in [2.45, 2.75) is 13.8 Å². The van der Waals surface area contributed by atoms with Crippen molar-refractivity contribution in [2.24, 2.45) is 16.0 Å². The highest BCUT2D eigenvalue weighted by Crippen LogP contribution is 2.35. The Morgan fingerprint density at radius 2 is 2.04 bits per heavy atom. The van der Waals surface area contributed by atoms with Crippen LogP contribution in [0.5, 0.6) is 5.75 Å². The highest BCUT2D eigenvalue weighted by molar-refractivity contribution is 6.15. The molecule has 8 nitrogen and oxygen atoms in total. The van der Waals surface area contributed by atoms with Crippen LogP contribution < -0.4 is 20.4 Å². The fourth-order valence-corrected chi connectivity index (χ4v) is 3.34. The quantitative estimate of drug-likeness (QED) is 0.831. The van der Waals surface area contributed by atoms with E-state index in [-0.39, 0.29) is 5.92 Å². The van der Waals surface area contributed by atoms with Crippen molar-refractivity contribution < 1.29 is 4.74 Å². The van der Waals surface area contributed by atoms with Gasteiger partial charge in [-0.1, -0.05) is 0 Å². The summed E-state index contributed by atoms with van der Waals surface area (Å²) in [7, 11) is 3.50. The third-order valence-electron chi connectivity index (χ3n) is 4.80. The SMILES string of the molecule is CNc1cc(C)nc(Nc2ccc(OC)c(N3CC4C(C)=NC=CC4=N3)c2)n1. The molecule has 4 rings (SSSR count). The highest BCUT2D eigenvalue weighted by atomic mass is 16.5. The first kappa shape index (κ1) is 18.0. The average Bonchev–Trinajstić information content (AvgIpc) is 3.13. The molecule has 28 heavy (non-hydrogen) atoms. The van der Waals surface area contributed by atoms with Crippen LogP contribution in [0.1, 0.15) is 12.6 Å². The number of allylic oxidation sites excluding steroid dienone is 1. The van der Waals surface area contributed by atoms with Gasteiger partial charge >= 0.3 is 0 Å². The topological polar surface area (TPSA) is 87.0 Å². The molecule has 0 radical (unpaired) electrons. The van der Waals surface area contributed by atoms with E-state index < -0.39 is 0 Å². The minimum absolute atomic E-state index is 0.213. The first-order valence-electron chi connectivity index (χ1n) is 9.13. The number of aryl methyl sites for hydroxylation is 1. The molecule has 3 heterocycles. The van der Waals surface area contributed by atoms with Gasteiger partial charge in [0.15, 0.2) is 0 Å². The Bertz CT molecular complexity index is 996. The largest absolute Gasteiger partial charge is 0.495 e. The summed E-state index contributed by atoms with van der Waals surface area (Å²) in [5.41, 5.74) is 4.72. The van der Waals surface area contributed by atoms with Gasteiger partial charge in [-0.15, -0.1) is 0 Å². The van der Waals surface area contributed by atoms with Gasteiger partial charge in [0.1, 0.15) is 17.3 Å². The molecule has 8 heteroatoms. The summed E-state index contributed by atoms with van der Waals surface area (Å²) >= 11 is 0. The molecule has 0 fully saturated rings. The zero-order chi connectivity index (χ0) is 19.7. The monoisotopic (exact) mass is 377 g/mol. The van der Waals surface area contributed by atoms with Gasteiger partial charge in [-0.05, 0) is 38.1 Å². The van der Waals surface area contributed by atoms with Gasteiger partial charge in [-0.2, -0.15) is 10.1 Å². The molecular weight excluding hydrogens is 354 g/mol. The van der Waals surface area contributed by atoms with Crippen LogP contribution in [-0.2, 0) is 0 Å². The van der Waals surface area contributed by atoms with Gasteiger partial charge in [0, 0.05) is 36.4 Å². The molecular formula is C20H23N7O. The highest BCUT2D eigenvalue weighted by Gasteiger charge is 2.30. The van der Waals surface area contributed by atoms with E-state index in [2.05, 4.69) is 25.6 Å². The van der Waals surface area contributed by atoms with Crippen LogP contribution in [0.25, 0.3) is 0 Å². The Hall–Kier alpha value is -3.42. The van der Waals surface area contributed by atoms with Crippen LogP contribution in [0.4, 0.5) is 23.1 Å². The predicted octanol–water partition coefficient (Wildman–Crippen LogP) is 3.36. The van der Waals surface area contributed by atoms with Crippen molar-refractivity contribution in [3.8, 4) is 5.75 Å². The van der Waals surface area contributed by atoms with Gasteiger partial charge in [-0.25, -0.2) is 4.98 Å². The Balaban J connectivity index is 1.64. The van der Waals surface area contributed by atoms with Crippen LogP contribution in [-0.4, -0.2) is 42.1 Å². The molecule has 1 aromatic carbocycles. The zero-order valence-electron chi connectivity index (χ0n) is 16.4. The number of hydrazone groups is 1. The van der Waals surface area contributed by atoms with Crippen molar-refractivity contribution in [3.63, 3.8) is 0 Å². The van der Waals surface area contributed by atoms with Gasteiger partial charge in [0.05, 0.1) is 25.3 Å². The third-order valence-corrected chi connectivity index (χ3v) is 4.80. The van der Waals surface area contributed by atoms with E-state index in [1.165, 1.54) is 0 Å². The van der Waals surface area contributed by atoms with Crippen LogP contribution in [0.2, 0.25) is 0 Å². The number of hydrogen-bond acceptors (Lipinski definition) is 8. The molecule has 0 bridgehead atoms. The van der Waals surface area contributed by atoms with Crippen molar-refractivity contribution in [3.05, 3.63) is 42.2 Å². The minimum Gasteiger partial charge on any atom is -0.495 e. The summed E-state index contributed by atoms with van der Waals surface area (Å²) < 4.78 is 5.57. The number of nitrogens with one attached hydrogen (secondary N) is 2. The lowest BCUT2D eigenvalue weighted by Crippen LogP contribution is -2.26. The maximum atomic E-state index is 5.57. The summed E-state index contributed by atoms with van der Waals surface area (Å²) in [6, 6.07) is 7.76. The molecule has 1 unspecified atom stereocenters. The number of methoxy groups -OCH3 is 1. The molecule has 144 valence electrons. The van der Waals surface area contributed by atoms with E-state index in [1.54, 1.807) is 13.3 Å². The van der Waals surface area contributed by atoms with Gasteiger partial charge in [0.2, 0.25) is 5.95 Å². The maximum Gasteiger partial charge on any atom is 0.229 e. The third kappa shape index (κ3) is 3.40. The lowest BCUT2D eigenvalue weighted by atomic mass is 9.97. The smallest absolute Gasteiger partial charge is 0.229 e. The Morgan fingerprint density at radius 3 is 2.79 bits per heavy atom. The van der Waals surface area contributed by atoms with Gasteiger partial charge < -0.3 is 15.4 Å². The number of hydrogen-bond donors (Lipinski definition) is 2. The lowest BCUT2D eigenvalue weighted by molar-refractivity contribution is 0.414. The zero-order valence-corrected chi connectivity index (χ0v) is 16.4. The number of aromatic nitrogens is 2. The summed E-state index contributed by atoms with van der Waals surface area (Å²) in [5.74, 6) is 2.27. The van der Waals surface area contributed by atoms with Gasteiger partial charge in [-0.3, -0.25) is 10.0 Å². The number of fused-ring (bicyclic) bond motifs is 1. The second-order valence-electron chi connectivity index (χ2n) is 6.73. The summed E-state index contributed by atoms with van der Waals surface area (Å²) in [6.07, 6.45) is 3.77. The van der Waals surface area contributed by atoms with E-state index in [0.29, 0.717) is 5.95 Å². The number of nitrogens with zero attached hydrogens (tertiary/aromatic N) is 5. The summed E-state index contributed by atoms with van der Waals surface area (Å²) in [6.45, 7) is 4.71. The van der Waals surface area contributed by atoms with Crippen LogP contribution in [0.3, 0.4) is 0 Å². The van der Waals surface area contributed by atoms with Crippen LogP contribution in [0.15, 0.2) is 46.6 Å². The Morgan fingerprint density at radius 1 is 1.18 bits per heavy atom. The number of aliphatic imine (C=N–C) groups is 1. The predicted molar refractivity (Wildman–Crippen MR) is 113 cm³/mol. The van der Waals surface area contributed by atoms with E-state index in [4.69, 9.17) is 9.84 Å². The molecule has 1 atom stereocenters. The number of anilines is 4. The molecule has 0 saturated carbocycles. The molecule has 2 N–H and O–H groups in total. The second-order valence-corrected chi connectivity index (χ2v) is 6.73. The normalized spacial score (nSPS) is 17.7. The van der Waals surface area contributed by atoms with E-state index >= 15 is 0 Å². The van der Waals surface area contributed by atoms with Crippen molar-refractivity contribution in [1.29, 1.82) is 0 Å². The van der Waals surface area contributed by atoms with Crippen LogP contribution in [0, 0.1) is 12.8 Å². The standard InChI is InChI=1S/C20H23N7O/c1-12-9-19(21-3)25-20(23-12)24-14-5-6-18(28-4)17(10-14)27-11-15-13(2)22-8-7-16(15)26-27/h5-10,15H,11H2,1-4H3,(H2,21,23,24,25). The Labute approximate surface area is 164 Å². The van der Waals surface area contributed by atoms with E-state index in [0.717, 1.165) is 46.6 Å². The first-order chi connectivity index (χ1) is 13.6. The molecule has 2 aliphatic heterocycles. The fourth-order valence-electron chi connectivity index (χ4n) is 3.34. The lowest BCUT2D eigenvalue weighted by Gasteiger charge is -2.20. The number of ether oxygens (including phenoxy) is 1. The molecule has 2 aromatic rings.